The Morgan fingerprint density at radius 3 is 2.43 bits per heavy atom. The first kappa shape index (κ1) is 18.2. The van der Waals surface area contributed by atoms with Crippen LogP contribution in [0.4, 0.5) is 5.69 Å². The van der Waals surface area contributed by atoms with Gasteiger partial charge in [0.25, 0.3) is 5.91 Å². The number of nitrogens with zero attached hydrogens (tertiary/aromatic N) is 2. The standard InChI is InChI=1S/C17H21N3O3/c1-5-19-16(21)12(2)23-17(22)14(11-18)10-13-6-8-15(9-7-13)20(3)4/h6-10,12H,5H2,1-4H3,(H,19,21)/b14-10+/t12-/m0/s1. The van der Waals surface area contributed by atoms with Gasteiger partial charge in [-0.05, 0) is 37.6 Å². The third kappa shape index (κ3) is 5.47. The van der Waals surface area contributed by atoms with Gasteiger partial charge in [0.2, 0.25) is 0 Å². The molecule has 23 heavy (non-hydrogen) atoms. The Morgan fingerprint density at radius 2 is 1.96 bits per heavy atom. The van der Waals surface area contributed by atoms with E-state index in [1.807, 2.05) is 37.2 Å². The van der Waals surface area contributed by atoms with E-state index in [1.165, 1.54) is 13.0 Å². The van der Waals surface area contributed by atoms with Gasteiger partial charge in [0.15, 0.2) is 6.10 Å². The lowest BCUT2D eigenvalue weighted by Gasteiger charge is -2.13. The van der Waals surface area contributed by atoms with Crippen molar-refractivity contribution >= 4 is 23.6 Å². The van der Waals surface area contributed by atoms with E-state index in [-0.39, 0.29) is 5.57 Å². The predicted octanol–water partition coefficient (Wildman–Crippen LogP) is 1.73. The van der Waals surface area contributed by atoms with Gasteiger partial charge in [-0.2, -0.15) is 5.26 Å². The maximum Gasteiger partial charge on any atom is 0.349 e. The van der Waals surface area contributed by atoms with Crippen molar-refractivity contribution in [3.05, 3.63) is 35.4 Å². The van der Waals surface area contributed by atoms with E-state index in [2.05, 4.69) is 5.32 Å². The quantitative estimate of drug-likeness (QED) is 0.491. The number of nitriles is 1. The summed E-state index contributed by atoms with van der Waals surface area (Å²) in [6.07, 6.45) is 0.488. The molecular formula is C17H21N3O3. The fourth-order valence-corrected chi connectivity index (χ4v) is 1.77. The highest BCUT2D eigenvalue weighted by Gasteiger charge is 2.19. The van der Waals surface area contributed by atoms with Crippen LogP contribution < -0.4 is 10.2 Å². The Hall–Kier alpha value is -2.81. The zero-order valence-electron chi connectivity index (χ0n) is 13.8. The van der Waals surface area contributed by atoms with Crippen molar-refractivity contribution in [2.75, 3.05) is 25.5 Å². The monoisotopic (exact) mass is 315 g/mol. The lowest BCUT2D eigenvalue weighted by atomic mass is 10.1. The number of esters is 1. The van der Waals surface area contributed by atoms with Gasteiger partial charge in [-0.1, -0.05) is 12.1 Å². The summed E-state index contributed by atoms with van der Waals surface area (Å²) < 4.78 is 5.00. The fourth-order valence-electron chi connectivity index (χ4n) is 1.77. The Labute approximate surface area is 136 Å². The molecule has 0 aromatic heterocycles. The summed E-state index contributed by atoms with van der Waals surface area (Å²) in [7, 11) is 3.84. The number of likely N-dealkylation sites (N-methyl/N-ethyl adjacent to an activating group) is 1. The highest BCUT2D eigenvalue weighted by Crippen LogP contribution is 2.15. The van der Waals surface area contributed by atoms with Crippen molar-refractivity contribution in [3.63, 3.8) is 0 Å². The van der Waals surface area contributed by atoms with E-state index in [1.54, 1.807) is 19.1 Å². The summed E-state index contributed by atoms with van der Waals surface area (Å²) >= 11 is 0. The molecular weight excluding hydrogens is 294 g/mol. The lowest BCUT2D eigenvalue weighted by molar-refractivity contribution is -0.150. The summed E-state index contributed by atoms with van der Waals surface area (Å²) in [5.74, 6) is -1.21. The van der Waals surface area contributed by atoms with Gasteiger partial charge in [0.1, 0.15) is 11.6 Å². The molecule has 1 aromatic carbocycles. The fraction of sp³-hybridized carbons (Fsp3) is 0.353. The third-order valence-corrected chi connectivity index (χ3v) is 3.06. The molecule has 6 nitrogen and oxygen atoms in total. The Bertz CT molecular complexity index is 627. The second kappa shape index (κ2) is 8.59. The van der Waals surface area contributed by atoms with Crippen LogP contribution >= 0.6 is 0 Å². The van der Waals surface area contributed by atoms with Crippen LogP contribution in [-0.2, 0) is 14.3 Å². The Morgan fingerprint density at radius 1 is 1.35 bits per heavy atom. The Balaban J connectivity index is 2.84. The van der Waals surface area contributed by atoms with Crippen LogP contribution in [0.15, 0.2) is 29.8 Å². The van der Waals surface area contributed by atoms with Crippen molar-refractivity contribution in [2.24, 2.45) is 0 Å². The summed E-state index contributed by atoms with van der Waals surface area (Å²) in [5, 5.41) is 11.7. The minimum atomic E-state index is -0.949. The van der Waals surface area contributed by atoms with Gasteiger partial charge in [-0.3, -0.25) is 4.79 Å². The van der Waals surface area contributed by atoms with Gasteiger partial charge in [0, 0.05) is 26.3 Å². The average molecular weight is 315 g/mol. The van der Waals surface area contributed by atoms with Gasteiger partial charge < -0.3 is 15.0 Å². The maximum atomic E-state index is 12.0. The number of anilines is 1. The average Bonchev–Trinajstić information content (AvgIpc) is 2.52. The number of benzene rings is 1. The first-order valence-electron chi connectivity index (χ1n) is 7.27. The first-order valence-corrected chi connectivity index (χ1v) is 7.27. The van der Waals surface area contributed by atoms with Gasteiger partial charge >= 0.3 is 5.97 Å². The largest absolute Gasteiger partial charge is 0.448 e. The van der Waals surface area contributed by atoms with E-state index in [4.69, 9.17) is 10.00 Å². The van der Waals surface area contributed by atoms with Crippen molar-refractivity contribution < 1.29 is 14.3 Å². The van der Waals surface area contributed by atoms with Crippen LogP contribution in [0.25, 0.3) is 6.08 Å². The molecule has 0 fully saturated rings. The number of hydrogen-bond acceptors (Lipinski definition) is 5. The number of amides is 1. The van der Waals surface area contributed by atoms with Crippen molar-refractivity contribution in [2.45, 2.75) is 20.0 Å². The second-order valence-corrected chi connectivity index (χ2v) is 5.10. The van der Waals surface area contributed by atoms with Crippen LogP contribution in [0, 0.1) is 11.3 Å². The molecule has 0 bridgehead atoms. The summed E-state index contributed by atoms with van der Waals surface area (Å²) in [6, 6.07) is 9.16. The van der Waals surface area contributed by atoms with Crippen LogP contribution in [0.1, 0.15) is 19.4 Å². The highest BCUT2D eigenvalue weighted by atomic mass is 16.5. The van der Waals surface area contributed by atoms with Crippen LogP contribution in [0.3, 0.4) is 0 Å². The summed E-state index contributed by atoms with van der Waals surface area (Å²) in [4.78, 5) is 25.5. The molecule has 0 aliphatic heterocycles. The number of rotatable bonds is 6. The molecule has 0 aliphatic rings. The van der Waals surface area contributed by atoms with Crippen molar-refractivity contribution in [3.8, 4) is 6.07 Å². The van der Waals surface area contributed by atoms with E-state index in [0.29, 0.717) is 12.1 Å². The van der Waals surface area contributed by atoms with E-state index >= 15 is 0 Å². The topological polar surface area (TPSA) is 82.4 Å². The summed E-state index contributed by atoms with van der Waals surface area (Å²) in [5.41, 5.74) is 1.56. The van der Waals surface area contributed by atoms with Crippen LogP contribution in [-0.4, -0.2) is 38.6 Å². The normalized spacial score (nSPS) is 12.0. The molecule has 122 valence electrons. The predicted molar refractivity (Wildman–Crippen MR) is 88.6 cm³/mol. The van der Waals surface area contributed by atoms with Crippen molar-refractivity contribution in [1.29, 1.82) is 5.26 Å². The van der Waals surface area contributed by atoms with E-state index < -0.39 is 18.0 Å². The molecule has 0 radical (unpaired) electrons. The minimum Gasteiger partial charge on any atom is -0.448 e. The molecule has 1 N–H and O–H groups in total. The van der Waals surface area contributed by atoms with Crippen LogP contribution in [0.5, 0.6) is 0 Å². The molecule has 1 rings (SSSR count). The molecule has 0 aliphatic carbocycles. The number of ether oxygens (including phenoxy) is 1. The molecule has 0 spiro atoms. The van der Waals surface area contributed by atoms with Gasteiger partial charge in [-0.25, -0.2) is 4.79 Å². The SMILES string of the molecule is CCNC(=O)[C@H](C)OC(=O)/C(C#N)=C/c1ccc(N(C)C)cc1. The number of carbonyl (C=O) groups is 2. The van der Waals surface area contributed by atoms with Gasteiger partial charge in [0.05, 0.1) is 0 Å². The smallest absolute Gasteiger partial charge is 0.349 e. The molecule has 0 unspecified atom stereocenters. The maximum absolute atomic E-state index is 12.0. The Kier molecular flexibility index (Phi) is 6.81. The van der Waals surface area contributed by atoms with Gasteiger partial charge in [-0.15, -0.1) is 0 Å². The molecule has 1 amide bonds. The molecule has 1 atom stereocenters. The van der Waals surface area contributed by atoms with E-state index in [0.717, 1.165) is 5.69 Å². The zero-order valence-corrected chi connectivity index (χ0v) is 13.8. The van der Waals surface area contributed by atoms with Crippen molar-refractivity contribution in [1.82, 2.24) is 5.32 Å². The highest BCUT2D eigenvalue weighted by molar-refractivity contribution is 5.99. The number of nitrogens with one attached hydrogen (secondary N) is 1. The molecule has 1 aromatic rings. The number of carbonyl (C=O) groups excluding carboxylic acids is 2. The minimum absolute atomic E-state index is 0.154. The zero-order chi connectivity index (χ0) is 17.4. The first-order chi connectivity index (χ1) is 10.9. The number of hydrogen-bond donors (Lipinski definition) is 1. The molecule has 0 saturated heterocycles. The third-order valence-electron chi connectivity index (χ3n) is 3.06. The van der Waals surface area contributed by atoms with Crippen LogP contribution in [0.2, 0.25) is 0 Å². The lowest BCUT2D eigenvalue weighted by Crippen LogP contribution is -2.35. The molecule has 6 heteroatoms. The second-order valence-electron chi connectivity index (χ2n) is 5.10. The summed E-state index contributed by atoms with van der Waals surface area (Å²) in [6.45, 7) is 3.67. The molecule has 0 heterocycles. The van der Waals surface area contributed by atoms with E-state index in [9.17, 15) is 9.59 Å². The molecule has 0 saturated carbocycles.